The number of aliphatic imine (C=N–C) groups is 1. The van der Waals surface area contributed by atoms with Gasteiger partial charge in [0.05, 0.1) is 6.10 Å². The number of hydrogen-bond acceptors (Lipinski definition) is 2. The highest BCUT2D eigenvalue weighted by atomic mass is 16.5. The molecule has 4 nitrogen and oxygen atoms in total. The third-order valence-electron chi connectivity index (χ3n) is 4.34. The summed E-state index contributed by atoms with van der Waals surface area (Å²) in [6.07, 6.45) is 2.50. The van der Waals surface area contributed by atoms with Crippen LogP contribution < -0.4 is 10.6 Å². The molecule has 1 aromatic carbocycles. The van der Waals surface area contributed by atoms with Gasteiger partial charge in [0.2, 0.25) is 0 Å². The van der Waals surface area contributed by atoms with Gasteiger partial charge in [-0.15, -0.1) is 0 Å². The summed E-state index contributed by atoms with van der Waals surface area (Å²) in [5, 5.41) is 6.85. The first-order chi connectivity index (χ1) is 11.6. The predicted molar refractivity (Wildman–Crippen MR) is 101 cm³/mol. The lowest BCUT2D eigenvalue weighted by atomic mass is 9.89. The molecule has 1 aliphatic heterocycles. The Labute approximate surface area is 147 Å². The van der Waals surface area contributed by atoms with E-state index < -0.39 is 0 Å². The zero-order valence-electron chi connectivity index (χ0n) is 15.6. The van der Waals surface area contributed by atoms with Crippen LogP contribution in [-0.4, -0.2) is 32.2 Å². The first kappa shape index (κ1) is 18.8. The van der Waals surface area contributed by atoms with Crippen molar-refractivity contribution in [2.45, 2.75) is 46.6 Å². The highest BCUT2D eigenvalue weighted by molar-refractivity contribution is 5.79. The number of benzene rings is 1. The van der Waals surface area contributed by atoms with Gasteiger partial charge >= 0.3 is 0 Å². The Balaban J connectivity index is 1.99. The van der Waals surface area contributed by atoms with Crippen LogP contribution in [0, 0.1) is 18.8 Å². The van der Waals surface area contributed by atoms with Crippen LogP contribution in [0.3, 0.4) is 0 Å². The number of nitrogens with one attached hydrogen (secondary N) is 2. The molecule has 1 saturated heterocycles. The van der Waals surface area contributed by atoms with Gasteiger partial charge in [0.25, 0.3) is 0 Å². The van der Waals surface area contributed by atoms with Crippen LogP contribution in [0.1, 0.15) is 50.8 Å². The Morgan fingerprint density at radius 2 is 2.00 bits per heavy atom. The Kier molecular flexibility index (Phi) is 7.57. The number of ether oxygens (including phenoxy) is 1. The number of guanidine groups is 1. The molecule has 0 spiro atoms. The molecule has 2 atom stereocenters. The van der Waals surface area contributed by atoms with E-state index >= 15 is 0 Å². The van der Waals surface area contributed by atoms with E-state index in [0.29, 0.717) is 11.8 Å². The SMILES string of the molecule is CCNC(=NCC(C)C)NCC1CCCOC1c1ccc(C)cc1. The maximum atomic E-state index is 6.11. The summed E-state index contributed by atoms with van der Waals surface area (Å²) in [4.78, 5) is 4.66. The molecular formula is C20H33N3O. The van der Waals surface area contributed by atoms with Gasteiger partial charge in [-0.3, -0.25) is 4.99 Å². The van der Waals surface area contributed by atoms with E-state index in [9.17, 15) is 0 Å². The van der Waals surface area contributed by atoms with E-state index in [2.05, 4.69) is 67.6 Å². The number of hydrogen-bond donors (Lipinski definition) is 2. The molecule has 0 aromatic heterocycles. The van der Waals surface area contributed by atoms with Crippen molar-refractivity contribution >= 4 is 5.96 Å². The molecule has 1 fully saturated rings. The van der Waals surface area contributed by atoms with E-state index in [1.54, 1.807) is 0 Å². The number of nitrogens with zero attached hydrogens (tertiary/aromatic N) is 1. The van der Waals surface area contributed by atoms with Crippen molar-refractivity contribution in [1.82, 2.24) is 10.6 Å². The fourth-order valence-corrected chi connectivity index (χ4v) is 3.02. The van der Waals surface area contributed by atoms with Crippen LogP contribution >= 0.6 is 0 Å². The van der Waals surface area contributed by atoms with E-state index in [4.69, 9.17) is 4.74 Å². The smallest absolute Gasteiger partial charge is 0.191 e. The third kappa shape index (κ3) is 5.82. The van der Waals surface area contributed by atoms with Gasteiger partial charge in [-0.1, -0.05) is 43.7 Å². The zero-order chi connectivity index (χ0) is 17.4. The first-order valence-corrected chi connectivity index (χ1v) is 9.30. The summed E-state index contributed by atoms with van der Waals surface area (Å²) in [7, 11) is 0. The van der Waals surface area contributed by atoms with Gasteiger partial charge in [-0.05, 0) is 38.2 Å². The summed E-state index contributed by atoms with van der Waals surface area (Å²) in [5.41, 5.74) is 2.58. The minimum absolute atomic E-state index is 0.180. The van der Waals surface area contributed by atoms with Crippen molar-refractivity contribution in [1.29, 1.82) is 0 Å². The highest BCUT2D eigenvalue weighted by Gasteiger charge is 2.27. The molecule has 0 saturated carbocycles. The largest absolute Gasteiger partial charge is 0.373 e. The van der Waals surface area contributed by atoms with Crippen LogP contribution in [0.4, 0.5) is 0 Å². The van der Waals surface area contributed by atoms with E-state index in [1.165, 1.54) is 17.5 Å². The van der Waals surface area contributed by atoms with Gasteiger partial charge in [0.15, 0.2) is 5.96 Å². The Morgan fingerprint density at radius 3 is 2.67 bits per heavy atom. The molecule has 1 heterocycles. The monoisotopic (exact) mass is 331 g/mol. The lowest BCUT2D eigenvalue weighted by Gasteiger charge is -2.32. The maximum Gasteiger partial charge on any atom is 0.191 e. The Bertz CT molecular complexity index is 510. The van der Waals surface area contributed by atoms with Gasteiger partial charge in [0.1, 0.15) is 0 Å². The Morgan fingerprint density at radius 1 is 1.25 bits per heavy atom. The van der Waals surface area contributed by atoms with Gasteiger partial charge in [0, 0.05) is 32.2 Å². The van der Waals surface area contributed by atoms with Gasteiger partial charge in [-0.25, -0.2) is 0 Å². The fraction of sp³-hybridized carbons (Fsp3) is 0.650. The lowest BCUT2D eigenvalue weighted by molar-refractivity contribution is -0.0265. The quantitative estimate of drug-likeness (QED) is 0.617. The maximum absolute atomic E-state index is 6.11. The van der Waals surface area contributed by atoms with Crippen LogP contribution in [-0.2, 0) is 4.74 Å². The van der Waals surface area contributed by atoms with Crippen LogP contribution in [0.5, 0.6) is 0 Å². The molecule has 0 radical (unpaired) electrons. The third-order valence-corrected chi connectivity index (χ3v) is 4.34. The second kappa shape index (κ2) is 9.67. The summed E-state index contributed by atoms with van der Waals surface area (Å²) in [5.74, 6) is 1.96. The molecular weight excluding hydrogens is 298 g/mol. The zero-order valence-corrected chi connectivity index (χ0v) is 15.6. The van der Waals surface area contributed by atoms with Crippen molar-refractivity contribution in [3.05, 3.63) is 35.4 Å². The molecule has 24 heavy (non-hydrogen) atoms. The molecule has 0 aliphatic carbocycles. The van der Waals surface area contributed by atoms with Crippen molar-refractivity contribution < 1.29 is 4.74 Å². The second-order valence-corrected chi connectivity index (χ2v) is 7.10. The standard InChI is InChI=1S/C20H33N3O/c1-5-21-20(22-13-15(2)3)23-14-18-7-6-12-24-19(18)17-10-8-16(4)9-11-17/h8-11,15,18-19H,5-7,12-14H2,1-4H3,(H2,21,22,23). The summed E-state index contributed by atoms with van der Waals surface area (Å²) >= 11 is 0. The van der Waals surface area contributed by atoms with Crippen LogP contribution in [0.2, 0.25) is 0 Å². The molecule has 134 valence electrons. The highest BCUT2D eigenvalue weighted by Crippen LogP contribution is 2.33. The predicted octanol–water partition coefficient (Wildman–Crippen LogP) is 3.67. The summed E-state index contributed by atoms with van der Waals surface area (Å²) in [6.45, 7) is 12.1. The molecule has 0 amide bonds. The van der Waals surface area contributed by atoms with Gasteiger partial charge in [-0.2, -0.15) is 0 Å². The van der Waals surface area contributed by atoms with E-state index in [1.807, 2.05) is 0 Å². The van der Waals surface area contributed by atoms with Crippen molar-refractivity contribution in [2.75, 3.05) is 26.2 Å². The van der Waals surface area contributed by atoms with E-state index in [0.717, 1.165) is 38.6 Å². The normalized spacial score (nSPS) is 21.8. The minimum Gasteiger partial charge on any atom is -0.373 e. The van der Waals surface area contributed by atoms with Gasteiger partial charge < -0.3 is 15.4 Å². The number of rotatable bonds is 6. The molecule has 2 N–H and O–H groups in total. The van der Waals surface area contributed by atoms with E-state index in [-0.39, 0.29) is 6.10 Å². The van der Waals surface area contributed by atoms with Crippen LogP contribution in [0.25, 0.3) is 0 Å². The topological polar surface area (TPSA) is 45.7 Å². The molecule has 1 aliphatic rings. The average Bonchev–Trinajstić information content (AvgIpc) is 2.58. The summed E-state index contributed by atoms with van der Waals surface area (Å²) in [6, 6.07) is 8.75. The summed E-state index contributed by atoms with van der Waals surface area (Å²) < 4.78 is 6.11. The minimum atomic E-state index is 0.180. The molecule has 1 aromatic rings. The molecule has 2 unspecified atom stereocenters. The first-order valence-electron chi connectivity index (χ1n) is 9.30. The lowest BCUT2D eigenvalue weighted by Crippen LogP contribution is -2.42. The Hall–Kier alpha value is -1.55. The van der Waals surface area contributed by atoms with Crippen molar-refractivity contribution in [2.24, 2.45) is 16.8 Å². The molecule has 4 heteroatoms. The van der Waals surface area contributed by atoms with Crippen LogP contribution in [0.15, 0.2) is 29.3 Å². The second-order valence-electron chi connectivity index (χ2n) is 7.10. The van der Waals surface area contributed by atoms with Crippen molar-refractivity contribution in [3.8, 4) is 0 Å². The fourth-order valence-electron chi connectivity index (χ4n) is 3.02. The molecule has 0 bridgehead atoms. The molecule has 2 rings (SSSR count). The van der Waals surface area contributed by atoms with Crippen molar-refractivity contribution in [3.63, 3.8) is 0 Å². The number of aryl methyl sites for hydroxylation is 1. The average molecular weight is 332 g/mol.